The lowest BCUT2D eigenvalue weighted by atomic mass is 10.2. The molecule has 1 unspecified atom stereocenters. The smallest absolute Gasteiger partial charge is 0.141 e. The van der Waals surface area contributed by atoms with Crippen molar-refractivity contribution in [3.05, 3.63) is 40.4 Å². The monoisotopic (exact) mass is 254 g/mol. The number of halogens is 2. The Hall–Kier alpha value is -1.46. The number of nitrogens with two attached hydrogens (primary N) is 1. The first-order valence-corrected chi connectivity index (χ1v) is 5.51. The first kappa shape index (κ1) is 12.0. The van der Waals surface area contributed by atoms with Gasteiger partial charge in [-0.3, -0.25) is 0 Å². The molecule has 2 N–H and O–H groups in total. The van der Waals surface area contributed by atoms with Gasteiger partial charge in [-0.05, 0) is 32.0 Å². The molecule has 90 valence electrons. The topological polar surface area (TPSA) is 56.7 Å². The highest BCUT2D eigenvalue weighted by molar-refractivity contribution is 6.30. The van der Waals surface area contributed by atoms with Gasteiger partial charge in [0.15, 0.2) is 0 Å². The lowest BCUT2D eigenvalue weighted by Gasteiger charge is -2.06. The fraction of sp³-hybridized carbons (Fsp3) is 0.273. The third kappa shape index (κ3) is 2.16. The molecule has 4 nitrogen and oxygen atoms in total. The summed E-state index contributed by atoms with van der Waals surface area (Å²) < 4.78 is 14.6. The Labute approximate surface area is 103 Å². The van der Waals surface area contributed by atoms with Crippen LogP contribution in [0.3, 0.4) is 0 Å². The van der Waals surface area contributed by atoms with E-state index in [1.54, 1.807) is 10.7 Å². The third-order valence-electron chi connectivity index (χ3n) is 2.51. The molecule has 1 atom stereocenters. The highest BCUT2D eigenvalue weighted by Crippen LogP contribution is 2.21. The molecule has 0 fully saturated rings. The normalized spacial score (nSPS) is 12.8. The minimum Gasteiger partial charge on any atom is -0.323 e. The van der Waals surface area contributed by atoms with Crippen LogP contribution in [0.15, 0.2) is 18.2 Å². The predicted octanol–water partition coefficient (Wildman–Crippen LogP) is 2.39. The second-order valence-corrected chi connectivity index (χ2v) is 4.27. The van der Waals surface area contributed by atoms with E-state index in [-0.39, 0.29) is 11.1 Å². The summed E-state index contributed by atoms with van der Waals surface area (Å²) in [5.74, 6) is -0.458. The minimum atomic E-state index is -0.458. The van der Waals surface area contributed by atoms with Crippen LogP contribution in [0.25, 0.3) is 5.69 Å². The molecule has 0 spiro atoms. The van der Waals surface area contributed by atoms with Crippen molar-refractivity contribution in [1.82, 2.24) is 15.0 Å². The maximum absolute atomic E-state index is 13.1. The minimum absolute atomic E-state index is 0.0553. The molecule has 0 amide bonds. The average molecular weight is 255 g/mol. The van der Waals surface area contributed by atoms with Gasteiger partial charge in [0, 0.05) is 6.04 Å². The summed E-state index contributed by atoms with van der Waals surface area (Å²) in [7, 11) is 0. The molecule has 0 saturated heterocycles. The van der Waals surface area contributed by atoms with Crippen LogP contribution in [-0.4, -0.2) is 15.0 Å². The number of hydrogen-bond acceptors (Lipinski definition) is 3. The fourth-order valence-corrected chi connectivity index (χ4v) is 1.80. The number of aromatic nitrogens is 3. The maximum Gasteiger partial charge on any atom is 0.141 e. The molecule has 17 heavy (non-hydrogen) atoms. The van der Waals surface area contributed by atoms with E-state index < -0.39 is 5.82 Å². The first-order chi connectivity index (χ1) is 8.00. The van der Waals surface area contributed by atoms with Crippen LogP contribution in [0.4, 0.5) is 4.39 Å². The van der Waals surface area contributed by atoms with Crippen molar-refractivity contribution in [2.24, 2.45) is 5.73 Å². The van der Waals surface area contributed by atoms with Gasteiger partial charge >= 0.3 is 0 Å². The van der Waals surface area contributed by atoms with Crippen LogP contribution >= 0.6 is 11.6 Å². The lowest BCUT2D eigenvalue weighted by Crippen LogP contribution is -2.08. The molecule has 1 aromatic heterocycles. The van der Waals surface area contributed by atoms with Gasteiger partial charge in [-0.15, -0.1) is 5.10 Å². The van der Waals surface area contributed by atoms with E-state index in [2.05, 4.69) is 10.3 Å². The Balaban J connectivity index is 2.50. The van der Waals surface area contributed by atoms with E-state index in [1.165, 1.54) is 12.1 Å². The van der Waals surface area contributed by atoms with Crippen LogP contribution in [0.5, 0.6) is 0 Å². The highest BCUT2D eigenvalue weighted by atomic mass is 35.5. The maximum atomic E-state index is 13.1. The second kappa shape index (κ2) is 4.43. The molecule has 2 aromatic rings. The Morgan fingerprint density at radius 3 is 2.71 bits per heavy atom. The largest absolute Gasteiger partial charge is 0.323 e. The SMILES string of the molecule is Cc1c(C(C)N)nnn1-c1ccc(F)c(Cl)c1. The highest BCUT2D eigenvalue weighted by Gasteiger charge is 2.13. The van der Waals surface area contributed by atoms with Crippen LogP contribution in [0, 0.1) is 12.7 Å². The third-order valence-corrected chi connectivity index (χ3v) is 2.80. The molecule has 0 saturated carbocycles. The standard InChI is InChI=1S/C11H12ClFN4/c1-6(14)11-7(2)17(16-15-11)8-3-4-10(13)9(12)5-8/h3-6H,14H2,1-2H3. The summed E-state index contributed by atoms with van der Waals surface area (Å²) in [6, 6.07) is 4.20. The molecule has 0 aliphatic heterocycles. The molecule has 0 aliphatic carbocycles. The van der Waals surface area contributed by atoms with E-state index in [0.29, 0.717) is 11.4 Å². The predicted molar refractivity (Wildman–Crippen MR) is 63.7 cm³/mol. The van der Waals surface area contributed by atoms with Gasteiger partial charge in [-0.2, -0.15) is 0 Å². The van der Waals surface area contributed by atoms with Gasteiger partial charge in [-0.25, -0.2) is 9.07 Å². The van der Waals surface area contributed by atoms with E-state index in [9.17, 15) is 4.39 Å². The fourth-order valence-electron chi connectivity index (χ4n) is 1.62. The van der Waals surface area contributed by atoms with Crippen LogP contribution in [0.1, 0.15) is 24.4 Å². The number of nitrogens with zero attached hydrogens (tertiary/aromatic N) is 3. The van der Waals surface area contributed by atoms with Gasteiger partial charge in [-0.1, -0.05) is 16.8 Å². The van der Waals surface area contributed by atoms with E-state index in [1.807, 2.05) is 13.8 Å². The van der Waals surface area contributed by atoms with Crippen molar-refractivity contribution < 1.29 is 4.39 Å². The van der Waals surface area contributed by atoms with Crippen molar-refractivity contribution in [3.63, 3.8) is 0 Å². The number of benzene rings is 1. The number of hydrogen-bond donors (Lipinski definition) is 1. The Morgan fingerprint density at radius 2 is 2.18 bits per heavy atom. The molecular formula is C11H12ClFN4. The van der Waals surface area contributed by atoms with Gasteiger partial charge in [0.05, 0.1) is 16.4 Å². The van der Waals surface area contributed by atoms with Crippen molar-refractivity contribution in [1.29, 1.82) is 0 Å². The van der Waals surface area contributed by atoms with Crippen molar-refractivity contribution in [2.45, 2.75) is 19.9 Å². The van der Waals surface area contributed by atoms with Gasteiger partial charge < -0.3 is 5.73 Å². The molecule has 0 bridgehead atoms. The first-order valence-electron chi connectivity index (χ1n) is 5.14. The van der Waals surface area contributed by atoms with E-state index >= 15 is 0 Å². The summed E-state index contributed by atoms with van der Waals surface area (Å²) in [6.45, 7) is 3.69. The molecular weight excluding hydrogens is 243 g/mol. The zero-order valence-electron chi connectivity index (χ0n) is 9.48. The molecule has 1 aromatic carbocycles. The van der Waals surface area contributed by atoms with Gasteiger partial charge in [0.25, 0.3) is 0 Å². The summed E-state index contributed by atoms with van der Waals surface area (Å²) in [6.07, 6.45) is 0. The quantitative estimate of drug-likeness (QED) is 0.895. The molecule has 1 heterocycles. The van der Waals surface area contributed by atoms with Crippen LogP contribution in [-0.2, 0) is 0 Å². The Bertz CT molecular complexity index is 550. The van der Waals surface area contributed by atoms with Crippen molar-refractivity contribution in [3.8, 4) is 5.69 Å². The van der Waals surface area contributed by atoms with Crippen LogP contribution < -0.4 is 5.73 Å². The molecule has 6 heteroatoms. The van der Waals surface area contributed by atoms with Crippen molar-refractivity contribution in [2.75, 3.05) is 0 Å². The average Bonchev–Trinajstić information content (AvgIpc) is 2.64. The summed E-state index contributed by atoms with van der Waals surface area (Å²) in [5, 5.41) is 8.03. The molecule has 2 rings (SSSR count). The van der Waals surface area contributed by atoms with Crippen LogP contribution in [0.2, 0.25) is 5.02 Å². The summed E-state index contributed by atoms with van der Waals surface area (Å²) in [5.41, 5.74) is 7.95. The van der Waals surface area contributed by atoms with Gasteiger partial charge in [0.2, 0.25) is 0 Å². The summed E-state index contributed by atoms with van der Waals surface area (Å²) in [4.78, 5) is 0. The summed E-state index contributed by atoms with van der Waals surface area (Å²) >= 11 is 5.72. The lowest BCUT2D eigenvalue weighted by molar-refractivity contribution is 0.627. The molecule has 0 aliphatic rings. The Kier molecular flexibility index (Phi) is 3.13. The number of rotatable bonds is 2. The molecule has 0 radical (unpaired) electrons. The Morgan fingerprint density at radius 1 is 1.47 bits per heavy atom. The second-order valence-electron chi connectivity index (χ2n) is 3.86. The zero-order valence-corrected chi connectivity index (χ0v) is 10.2. The van der Waals surface area contributed by atoms with Crippen molar-refractivity contribution >= 4 is 11.6 Å². The van der Waals surface area contributed by atoms with E-state index in [4.69, 9.17) is 17.3 Å². The zero-order chi connectivity index (χ0) is 12.6. The van der Waals surface area contributed by atoms with Gasteiger partial charge in [0.1, 0.15) is 11.5 Å². The van der Waals surface area contributed by atoms with E-state index in [0.717, 1.165) is 5.69 Å².